The van der Waals surface area contributed by atoms with Gasteiger partial charge in [0.05, 0.1) is 0 Å². The smallest absolute Gasteiger partial charge is 0.249 e. The maximum Gasteiger partial charge on any atom is 0.249 e. The van der Waals surface area contributed by atoms with Crippen molar-refractivity contribution in [2.24, 2.45) is 0 Å². The molecule has 0 fully saturated rings. The Morgan fingerprint density at radius 2 is 1.86 bits per heavy atom. The van der Waals surface area contributed by atoms with E-state index in [2.05, 4.69) is 10.6 Å². The van der Waals surface area contributed by atoms with E-state index in [0.717, 1.165) is 0 Å². The van der Waals surface area contributed by atoms with Gasteiger partial charge in [-0.2, -0.15) is 0 Å². The fourth-order valence-electron chi connectivity index (χ4n) is 0.831. The third kappa shape index (κ3) is 4.23. The van der Waals surface area contributed by atoms with Crippen LogP contribution in [0, 0.1) is 0 Å². The van der Waals surface area contributed by atoms with Crippen molar-refractivity contribution in [3.63, 3.8) is 0 Å². The molecule has 82 valence electrons. The summed E-state index contributed by atoms with van der Waals surface area (Å²) in [4.78, 5) is 22.5. The predicted molar refractivity (Wildman–Crippen MR) is 52.8 cm³/mol. The van der Waals surface area contributed by atoms with Crippen molar-refractivity contribution in [2.75, 3.05) is 13.7 Å². The summed E-state index contributed by atoms with van der Waals surface area (Å²) in [5, 5.41) is 5.15. The first-order chi connectivity index (χ1) is 6.52. The van der Waals surface area contributed by atoms with Crippen LogP contribution in [0.2, 0.25) is 0 Å². The molecule has 14 heavy (non-hydrogen) atoms. The number of carbonyl (C=O) groups excluding carboxylic acids is 2. The van der Waals surface area contributed by atoms with Gasteiger partial charge in [-0.05, 0) is 20.8 Å². The lowest BCUT2D eigenvalue weighted by atomic mass is 10.3. The Morgan fingerprint density at radius 3 is 2.29 bits per heavy atom. The second-order valence-electron chi connectivity index (χ2n) is 3.00. The average molecular weight is 202 g/mol. The third-order valence-electron chi connectivity index (χ3n) is 1.83. The van der Waals surface area contributed by atoms with Gasteiger partial charge in [-0.1, -0.05) is 0 Å². The fraction of sp³-hybridized carbons (Fsp3) is 0.778. The first-order valence-corrected chi connectivity index (χ1v) is 4.63. The van der Waals surface area contributed by atoms with Crippen molar-refractivity contribution in [1.29, 1.82) is 0 Å². The van der Waals surface area contributed by atoms with Crippen molar-refractivity contribution in [3.05, 3.63) is 0 Å². The third-order valence-corrected chi connectivity index (χ3v) is 1.83. The molecule has 0 aliphatic rings. The summed E-state index contributed by atoms with van der Waals surface area (Å²) in [5.74, 6) is -0.476. The number of hydrogen-bond donors (Lipinski definition) is 2. The summed E-state index contributed by atoms with van der Waals surface area (Å²) in [6, 6.07) is -0.528. The van der Waals surface area contributed by atoms with Crippen LogP contribution in [0.3, 0.4) is 0 Å². The van der Waals surface area contributed by atoms with E-state index in [1.807, 2.05) is 6.92 Å². The molecule has 2 atom stereocenters. The number of amides is 2. The van der Waals surface area contributed by atoms with Crippen molar-refractivity contribution >= 4 is 11.8 Å². The number of hydrogen-bond acceptors (Lipinski definition) is 3. The van der Waals surface area contributed by atoms with Crippen LogP contribution in [0.4, 0.5) is 0 Å². The van der Waals surface area contributed by atoms with Gasteiger partial charge in [0.1, 0.15) is 12.1 Å². The lowest BCUT2D eigenvalue weighted by Gasteiger charge is -2.15. The minimum Gasteiger partial charge on any atom is -0.372 e. The first-order valence-electron chi connectivity index (χ1n) is 4.63. The maximum atomic E-state index is 11.3. The minimum absolute atomic E-state index is 0.191. The van der Waals surface area contributed by atoms with Crippen LogP contribution in [0.1, 0.15) is 20.8 Å². The molecule has 0 aliphatic heterocycles. The van der Waals surface area contributed by atoms with Crippen LogP contribution >= 0.6 is 0 Å². The first kappa shape index (κ1) is 12.9. The van der Waals surface area contributed by atoms with Gasteiger partial charge in [-0.25, -0.2) is 0 Å². The van der Waals surface area contributed by atoms with Crippen molar-refractivity contribution in [2.45, 2.75) is 32.9 Å². The van der Waals surface area contributed by atoms with Gasteiger partial charge in [0.25, 0.3) is 0 Å². The van der Waals surface area contributed by atoms with Gasteiger partial charge in [0, 0.05) is 13.7 Å². The number of methoxy groups -OCH3 is 1. The van der Waals surface area contributed by atoms with E-state index in [-0.39, 0.29) is 11.8 Å². The van der Waals surface area contributed by atoms with E-state index in [1.165, 1.54) is 7.11 Å². The Labute approximate surface area is 84.2 Å². The van der Waals surface area contributed by atoms with E-state index in [0.29, 0.717) is 6.54 Å². The van der Waals surface area contributed by atoms with Crippen LogP contribution in [-0.2, 0) is 14.3 Å². The van der Waals surface area contributed by atoms with E-state index in [4.69, 9.17) is 4.74 Å². The molecule has 0 rings (SSSR count). The second-order valence-corrected chi connectivity index (χ2v) is 3.00. The molecule has 0 aromatic heterocycles. The summed E-state index contributed by atoms with van der Waals surface area (Å²) >= 11 is 0. The number of nitrogens with one attached hydrogen (secondary N) is 2. The molecule has 2 amide bonds. The zero-order chi connectivity index (χ0) is 11.1. The summed E-state index contributed by atoms with van der Waals surface area (Å²) in [7, 11) is 1.45. The lowest BCUT2D eigenvalue weighted by molar-refractivity contribution is -0.134. The zero-order valence-corrected chi connectivity index (χ0v) is 9.09. The topological polar surface area (TPSA) is 67.4 Å². The van der Waals surface area contributed by atoms with E-state index in [1.54, 1.807) is 13.8 Å². The summed E-state index contributed by atoms with van der Waals surface area (Å²) in [5.41, 5.74) is 0. The van der Waals surface area contributed by atoms with Gasteiger partial charge in [-0.3, -0.25) is 9.59 Å². The molecule has 0 saturated heterocycles. The summed E-state index contributed by atoms with van der Waals surface area (Å²) < 4.78 is 4.81. The number of ether oxygens (including phenoxy) is 1. The summed E-state index contributed by atoms with van der Waals surface area (Å²) in [6.07, 6.45) is -0.535. The molecule has 5 nitrogen and oxygen atoms in total. The number of carbonyl (C=O) groups is 2. The Balaban J connectivity index is 3.99. The number of rotatable bonds is 5. The molecule has 0 spiro atoms. The predicted octanol–water partition coefficient (Wildman–Crippen LogP) is -0.338. The normalized spacial score (nSPS) is 14.3. The minimum atomic E-state index is -0.535. The van der Waals surface area contributed by atoms with Crippen molar-refractivity contribution < 1.29 is 14.3 Å². The van der Waals surface area contributed by atoms with Gasteiger partial charge in [-0.15, -0.1) is 0 Å². The molecule has 5 heteroatoms. The van der Waals surface area contributed by atoms with Crippen LogP contribution in [0.15, 0.2) is 0 Å². The average Bonchev–Trinajstić information content (AvgIpc) is 2.16. The molecule has 0 aliphatic carbocycles. The molecule has 0 bridgehead atoms. The highest BCUT2D eigenvalue weighted by Crippen LogP contribution is 1.90. The van der Waals surface area contributed by atoms with E-state index < -0.39 is 12.1 Å². The van der Waals surface area contributed by atoms with Crippen molar-refractivity contribution in [1.82, 2.24) is 10.6 Å². The zero-order valence-electron chi connectivity index (χ0n) is 9.09. The van der Waals surface area contributed by atoms with E-state index >= 15 is 0 Å². The maximum absolute atomic E-state index is 11.3. The largest absolute Gasteiger partial charge is 0.372 e. The molecule has 0 aromatic rings. The second kappa shape index (κ2) is 6.37. The Morgan fingerprint density at radius 1 is 1.29 bits per heavy atom. The molecule has 0 aromatic carbocycles. The molecule has 2 N–H and O–H groups in total. The van der Waals surface area contributed by atoms with Gasteiger partial charge >= 0.3 is 0 Å². The quantitative estimate of drug-likeness (QED) is 0.641. The van der Waals surface area contributed by atoms with Crippen LogP contribution in [0.5, 0.6) is 0 Å². The summed E-state index contributed by atoms with van der Waals surface area (Å²) in [6.45, 7) is 5.63. The fourth-order valence-corrected chi connectivity index (χ4v) is 0.831. The SMILES string of the molecule is CCNC(=O)C(C)NC(=O)C(C)OC. The molecular weight excluding hydrogens is 184 g/mol. The van der Waals surface area contributed by atoms with Crippen molar-refractivity contribution in [3.8, 4) is 0 Å². The van der Waals surface area contributed by atoms with Crippen LogP contribution in [-0.4, -0.2) is 37.6 Å². The molecule has 0 heterocycles. The Hall–Kier alpha value is -1.10. The van der Waals surface area contributed by atoms with Gasteiger partial charge in [0.2, 0.25) is 11.8 Å². The Bertz CT molecular complexity index is 206. The highest BCUT2D eigenvalue weighted by atomic mass is 16.5. The van der Waals surface area contributed by atoms with Crippen LogP contribution < -0.4 is 10.6 Å². The van der Waals surface area contributed by atoms with Crippen LogP contribution in [0.25, 0.3) is 0 Å². The highest BCUT2D eigenvalue weighted by Gasteiger charge is 2.18. The van der Waals surface area contributed by atoms with E-state index in [9.17, 15) is 9.59 Å². The lowest BCUT2D eigenvalue weighted by Crippen LogP contribution is -2.47. The van der Waals surface area contributed by atoms with Gasteiger partial charge < -0.3 is 15.4 Å². The molecule has 0 radical (unpaired) electrons. The molecular formula is C9H18N2O3. The molecule has 2 unspecified atom stereocenters. The monoisotopic (exact) mass is 202 g/mol. The van der Waals surface area contributed by atoms with Gasteiger partial charge in [0.15, 0.2) is 0 Å². The Kier molecular flexibility index (Phi) is 5.87. The standard InChI is InChI=1S/C9H18N2O3/c1-5-10-8(12)6(2)11-9(13)7(3)14-4/h6-7H,5H2,1-4H3,(H,10,12)(H,11,13). The molecule has 0 saturated carbocycles. The highest BCUT2D eigenvalue weighted by molar-refractivity contribution is 5.88. The number of likely N-dealkylation sites (N-methyl/N-ethyl adjacent to an activating group) is 1.